The molecule has 0 aliphatic heterocycles. The number of rotatable bonds is 0. The molecule has 0 bridgehead atoms. The van der Waals surface area contributed by atoms with Crippen LogP contribution in [0.1, 0.15) is 0 Å². The third kappa shape index (κ3) is 122. The Bertz CT molecular complexity index is 28.5. The molecular formula is H3NaO4Si. The summed E-state index contributed by atoms with van der Waals surface area (Å²) in [6.07, 6.45) is 0. The van der Waals surface area contributed by atoms with E-state index in [4.69, 9.17) is 8.92 Å². The SMILES string of the molecule is O.O=[Si]=O.[Na+].[OH-]. The molecule has 3 N–H and O–H groups in total. The molecule has 0 heterocycles. The van der Waals surface area contributed by atoms with Gasteiger partial charge in [-0.05, 0) is 0 Å². The molecule has 0 rings (SSSR count). The maximum Gasteiger partial charge on any atom is 1.00 e. The Morgan fingerprint density at radius 1 is 1.17 bits per heavy atom. The van der Waals surface area contributed by atoms with Gasteiger partial charge in [-0.15, -0.1) is 0 Å². The average molecular weight is 118 g/mol. The van der Waals surface area contributed by atoms with E-state index in [1.54, 1.807) is 0 Å². The molecule has 0 amide bonds. The molecule has 0 aromatic heterocycles. The largest absolute Gasteiger partial charge is 1.00 e. The Morgan fingerprint density at radius 3 is 1.17 bits per heavy atom. The van der Waals surface area contributed by atoms with E-state index >= 15 is 0 Å². The van der Waals surface area contributed by atoms with E-state index in [1.807, 2.05) is 0 Å². The van der Waals surface area contributed by atoms with Crippen molar-refractivity contribution in [1.29, 1.82) is 0 Å². The molecule has 0 fully saturated rings. The second-order valence-electron chi connectivity index (χ2n) is 0.0833. The van der Waals surface area contributed by atoms with Gasteiger partial charge < -0.3 is 11.0 Å². The van der Waals surface area contributed by atoms with Crippen molar-refractivity contribution in [2.75, 3.05) is 0 Å². The first-order valence-electron chi connectivity index (χ1n) is 0.408. The van der Waals surface area contributed by atoms with Gasteiger partial charge in [0.1, 0.15) is 0 Å². The van der Waals surface area contributed by atoms with Crippen LogP contribution >= 0.6 is 0 Å². The first kappa shape index (κ1) is 29.6. The zero-order valence-electron chi connectivity index (χ0n) is 3.26. The minimum absolute atomic E-state index is 0. The summed E-state index contributed by atoms with van der Waals surface area (Å²) >= 11 is 0. The van der Waals surface area contributed by atoms with Crippen LogP contribution in [0.4, 0.5) is 0 Å². The van der Waals surface area contributed by atoms with Crippen LogP contribution in [0.3, 0.4) is 0 Å². The number of hydrogen-bond acceptors (Lipinski definition) is 3. The molecule has 0 saturated carbocycles. The molecule has 6 heavy (non-hydrogen) atoms. The van der Waals surface area contributed by atoms with E-state index in [0.29, 0.717) is 0 Å². The quantitative estimate of drug-likeness (QED) is 0.299. The van der Waals surface area contributed by atoms with Gasteiger partial charge >= 0.3 is 38.8 Å². The van der Waals surface area contributed by atoms with Gasteiger partial charge in [0.05, 0.1) is 0 Å². The minimum atomic E-state index is -1.42. The van der Waals surface area contributed by atoms with E-state index in [2.05, 4.69) is 0 Å². The molecule has 0 aliphatic rings. The second-order valence-corrected chi connectivity index (χ2v) is 0.250. The third-order valence-corrected chi connectivity index (χ3v) is 0. The second kappa shape index (κ2) is 42.7. The Morgan fingerprint density at radius 2 is 1.17 bits per heavy atom. The van der Waals surface area contributed by atoms with Gasteiger partial charge in [0.15, 0.2) is 0 Å². The van der Waals surface area contributed by atoms with Crippen LogP contribution in [0.5, 0.6) is 0 Å². The molecule has 0 radical (unpaired) electrons. The fourth-order valence-electron chi connectivity index (χ4n) is 0. The maximum absolute atomic E-state index is 8.40. The summed E-state index contributed by atoms with van der Waals surface area (Å²) in [5, 5.41) is 0. The standard InChI is InChI=1S/Na.O2Si.2H2O/c;1-3-2;;/h;;2*1H2/q+1;;;/p-1. The Labute approximate surface area is 58.8 Å². The topological polar surface area (TPSA) is 95.6 Å². The summed E-state index contributed by atoms with van der Waals surface area (Å²) in [6.45, 7) is 0. The van der Waals surface area contributed by atoms with E-state index in [9.17, 15) is 0 Å². The smallest absolute Gasteiger partial charge is 0.870 e. The van der Waals surface area contributed by atoms with Crippen LogP contribution in [-0.4, -0.2) is 20.2 Å². The first-order valence-corrected chi connectivity index (χ1v) is 1.22. The molecule has 0 aromatic rings. The zero-order valence-corrected chi connectivity index (χ0v) is 6.26. The van der Waals surface area contributed by atoms with Crippen molar-refractivity contribution in [3.63, 3.8) is 0 Å². The van der Waals surface area contributed by atoms with Crippen molar-refractivity contribution in [2.45, 2.75) is 0 Å². The van der Waals surface area contributed by atoms with E-state index < -0.39 is 9.29 Å². The summed E-state index contributed by atoms with van der Waals surface area (Å²) in [4.78, 5) is 0. The van der Waals surface area contributed by atoms with Crippen LogP contribution in [0.25, 0.3) is 0 Å². The predicted octanol–water partition coefficient (Wildman–Crippen LogP) is -4.62. The van der Waals surface area contributed by atoms with Crippen LogP contribution in [0, 0.1) is 0 Å². The molecule has 6 heteroatoms. The molecule has 0 aliphatic carbocycles. The molecule has 0 spiro atoms. The van der Waals surface area contributed by atoms with Crippen LogP contribution in [-0.2, 0) is 8.92 Å². The first-order chi connectivity index (χ1) is 1.41. The fourth-order valence-corrected chi connectivity index (χ4v) is 0. The summed E-state index contributed by atoms with van der Waals surface area (Å²) < 4.78 is 16.8. The van der Waals surface area contributed by atoms with E-state index in [1.165, 1.54) is 0 Å². The summed E-state index contributed by atoms with van der Waals surface area (Å²) in [5.41, 5.74) is 0. The molecule has 0 saturated heterocycles. The van der Waals surface area contributed by atoms with Gasteiger partial charge in [-0.3, -0.25) is 8.92 Å². The van der Waals surface area contributed by atoms with Gasteiger partial charge in [-0.25, -0.2) is 0 Å². The van der Waals surface area contributed by atoms with Crippen molar-refractivity contribution in [3.8, 4) is 0 Å². The van der Waals surface area contributed by atoms with E-state index in [0.717, 1.165) is 0 Å². The van der Waals surface area contributed by atoms with Gasteiger partial charge in [0.25, 0.3) is 0 Å². The molecule has 0 atom stereocenters. The Hall–Kier alpha value is 0.737. The van der Waals surface area contributed by atoms with Crippen molar-refractivity contribution in [2.24, 2.45) is 0 Å². The molecule has 0 unspecified atom stereocenters. The summed E-state index contributed by atoms with van der Waals surface area (Å²) in [6, 6.07) is 0. The van der Waals surface area contributed by atoms with Crippen molar-refractivity contribution < 1.29 is 49.4 Å². The average Bonchev–Trinajstić information content (AvgIpc) is 0.918. The van der Waals surface area contributed by atoms with Crippen molar-refractivity contribution in [1.82, 2.24) is 0 Å². The third-order valence-electron chi connectivity index (χ3n) is 0. The normalized spacial score (nSPS) is 1.33. The molecule has 4 nitrogen and oxygen atoms in total. The van der Waals surface area contributed by atoms with Gasteiger partial charge in [0, 0.05) is 0 Å². The number of hydrogen-bond donors (Lipinski definition) is 0. The van der Waals surface area contributed by atoms with Crippen LogP contribution < -0.4 is 29.6 Å². The molecule has 32 valence electrons. The Balaban J connectivity index is -0.00000000667. The summed E-state index contributed by atoms with van der Waals surface area (Å²) in [5.74, 6) is 0. The fraction of sp³-hybridized carbons (Fsp3) is 0. The van der Waals surface area contributed by atoms with Gasteiger partial charge in [0.2, 0.25) is 0 Å². The van der Waals surface area contributed by atoms with Crippen LogP contribution in [0.2, 0.25) is 0 Å². The van der Waals surface area contributed by atoms with E-state index in [-0.39, 0.29) is 40.5 Å². The maximum atomic E-state index is 8.40. The molecule has 0 aromatic carbocycles. The van der Waals surface area contributed by atoms with Gasteiger partial charge in [-0.2, -0.15) is 0 Å². The van der Waals surface area contributed by atoms with Crippen molar-refractivity contribution in [3.05, 3.63) is 0 Å². The van der Waals surface area contributed by atoms with Gasteiger partial charge in [-0.1, -0.05) is 0 Å². The minimum Gasteiger partial charge on any atom is -0.870 e. The van der Waals surface area contributed by atoms with Crippen LogP contribution in [0.15, 0.2) is 0 Å². The van der Waals surface area contributed by atoms with Crippen molar-refractivity contribution >= 4 is 9.29 Å². The predicted molar refractivity (Wildman–Crippen MR) is 12.7 cm³/mol. The zero-order chi connectivity index (χ0) is 2.71. The Kier molecular flexibility index (Phi) is 211. The summed E-state index contributed by atoms with van der Waals surface area (Å²) in [7, 11) is -1.42. The molecular weight excluding hydrogens is 115 g/mol. The monoisotopic (exact) mass is 118 g/mol.